The van der Waals surface area contributed by atoms with Crippen molar-refractivity contribution in [3.8, 4) is 0 Å². The molecule has 0 aliphatic heterocycles. The van der Waals surface area contributed by atoms with E-state index >= 15 is 0 Å². The molecule has 0 unspecified atom stereocenters. The molecule has 1 heterocycles. The smallest absolute Gasteiger partial charge is 0.319 e. The average molecular weight is 310 g/mol. The van der Waals surface area contributed by atoms with E-state index in [0.29, 0.717) is 26.2 Å². The molecule has 0 bridgehead atoms. The number of ether oxygens (including phenoxy) is 1. The van der Waals surface area contributed by atoms with Crippen LogP contribution in [0, 0.1) is 11.6 Å². The molecule has 0 atom stereocenters. The Morgan fingerprint density at radius 3 is 2.86 bits per heavy atom. The third-order valence-electron chi connectivity index (χ3n) is 2.78. The fraction of sp³-hybridized carbons (Fsp3) is 0.267. The van der Waals surface area contributed by atoms with E-state index in [9.17, 15) is 13.6 Å². The normalized spacial score (nSPS) is 10.5. The van der Waals surface area contributed by atoms with E-state index in [0.717, 1.165) is 11.8 Å². The Labute approximate surface area is 126 Å². The maximum atomic E-state index is 13.3. The summed E-state index contributed by atoms with van der Waals surface area (Å²) in [5, 5.41) is 4.77. The van der Waals surface area contributed by atoms with Crippen LogP contribution in [0.4, 0.5) is 19.3 Å². The number of nitrogens with one attached hydrogen (secondary N) is 2. The molecule has 0 saturated heterocycles. The van der Waals surface area contributed by atoms with Crippen LogP contribution in [0.15, 0.2) is 41.0 Å². The van der Waals surface area contributed by atoms with Crippen molar-refractivity contribution in [1.29, 1.82) is 0 Å². The molecule has 2 rings (SSSR count). The lowest BCUT2D eigenvalue weighted by Crippen LogP contribution is -2.30. The zero-order valence-electron chi connectivity index (χ0n) is 11.8. The lowest BCUT2D eigenvalue weighted by atomic mass is 10.3. The predicted molar refractivity (Wildman–Crippen MR) is 76.4 cm³/mol. The van der Waals surface area contributed by atoms with Crippen LogP contribution in [0.1, 0.15) is 12.2 Å². The van der Waals surface area contributed by atoms with Crippen LogP contribution in [0.3, 0.4) is 0 Å². The van der Waals surface area contributed by atoms with E-state index in [1.165, 1.54) is 12.1 Å². The van der Waals surface area contributed by atoms with E-state index in [1.54, 1.807) is 18.4 Å². The fourth-order valence-corrected chi connectivity index (χ4v) is 1.71. The highest BCUT2D eigenvalue weighted by molar-refractivity contribution is 5.89. The van der Waals surface area contributed by atoms with Gasteiger partial charge in [-0.3, -0.25) is 0 Å². The number of hydrogen-bond donors (Lipinski definition) is 2. The van der Waals surface area contributed by atoms with Gasteiger partial charge in [0.2, 0.25) is 0 Å². The van der Waals surface area contributed by atoms with Gasteiger partial charge in [-0.25, -0.2) is 13.6 Å². The number of carbonyl (C=O) groups is 1. The third kappa shape index (κ3) is 4.85. The third-order valence-corrected chi connectivity index (χ3v) is 2.78. The summed E-state index contributed by atoms with van der Waals surface area (Å²) in [5.74, 6) is -1.36. The van der Waals surface area contributed by atoms with Gasteiger partial charge in [-0.1, -0.05) is 6.07 Å². The Morgan fingerprint density at radius 1 is 1.23 bits per heavy atom. The number of furan rings is 1. The lowest BCUT2D eigenvalue weighted by Gasteiger charge is -2.08. The Hall–Kier alpha value is -2.41. The topological polar surface area (TPSA) is 63.5 Å². The summed E-state index contributed by atoms with van der Waals surface area (Å²) in [5.41, 5.74) is -0.202. The van der Waals surface area contributed by atoms with Gasteiger partial charge in [0.15, 0.2) is 11.6 Å². The van der Waals surface area contributed by atoms with Crippen molar-refractivity contribution in [3.63, 3.8) is 0 Å². The predicted octanol–water partition coefficient (Wildman–Crippen LogP) is 3.29. The van der Waals surface area contributed by atoms with Crippen molar-refractivity contribution < 1.29 is 22.7 Å². The molecule has 0 spiro atoms. The van der Waals surface area contributed by atoms with Crippen molar-refractivity contribution in [2.75, 3.05) is 18.5 Å². The summed E-state index contributed by atoms with van der Waals surface area (Å²) in [4.78, 5) is 11.5. The number of urea groups is 1. The van der Waals surface area contributed by atoms with Gasteiger partial charge in [0.1, 0.15) is 12.4 Å². The molecule has 0 aliphatic rings. The lowest BCUT2D eigenvalue weighted by molar-refractivity contribution is 0.104. The molecular formula is C15H16F2N2O3. The Morgan fingerprint density at radius 2 is 2.09 bits per heavy atom. The highest BCUT2D eigenvalue weighted by Crippen LogP contribution is 2.16. The average Bonchev–Trinajstić information content (AvgIpc) is 3.01. The molecule has 2 aromatic rings. The van der Waals surface area contributed by atoms with Crippen molar-refractivity contribution in [3.05, 3.63) is 54.0 Å². The van der Waals surface area contributed by atoms with E-state index in [4.69, 9.17) is 9.15 Å². The van der Waals surface area contributed by atoms with Crippen molar-refractivity contribution in [2.24, 2.45) is 0 Å². The van der Waals surface area contributed by atoms with E-state index in [2.05, 4.69) is 10.6 Å². The van der Waals surface area contributed by atoms with Gasteiger partial charge in [0.25, 0.3) is 0 Å². The molecule has 2 N–H and O–H groups in total. The monoisotopic (exact) mass is 310 g/mol. The van der Waals surface area contributed by atoms with Gasteiger partial charge in [-0.05, 0) is 30.7 Å². The minimum absolute atomic E-state index is 0.202. The molecule has 2 amide bonds. The molecule has 118 valence electrons. The first kappa shape index (κ1) is 16.0. The molecule has 0 fully saturated rings. The second-order valence-electron chi connectivity index (χ2n) is 4.47. The first-order valence-corrected chi connectivity index (χ1v) is 6.76. The quantitative estimate of drug-likeness (QED) is 0.771. The second-order valence-corrected chi connectivity index (χ2v) is 4.47. The van der Waals surface area contributed by atoms with Crippen molar-refractivity contribution >= 4 is 11.7 Å². The van der Waals surface area contributed by atoms with Crippen LogP contribution in [-0.4, -0.2) is 19.2 Å². The molecule has 0 radical (unpaired) electrons. The summed E-state index contributed by atoms with van der Waals surface area (Å²) in [6.07, 6.45) is 2.15. The fourth-order valence-electron chi connectivity index (χ4n) is 1.71. The van der Waals surface area contributed by atoms with E-state index in [1.807, 2.05) is 0 Å². The van der Waals surface area contributed by atoms with Gasteiger partial charge in [0, 0.05) is 13.2 Å². The van der Waals surface area contributed by atoms with Gasteiger partial charge < -0.3 is 19.8 Å². The summed E-state index contributed by atoms with van der Waals surface area (Å²) in [6, 6.07) is 6.56. The molecule has 1 aromatic carbocycles. The molecule has 5 nitrogen and oxygen atoms in total. The van der Waals surface area contributed by atoms with Crippen LogP contribution < -0.4 is 10.6 Å². The molecule has 7 heteroatoms. The standard InChI is InChI=1S/C15H16F2N2O3/c16-12-5-1-6-13(14(12)17)19-15(20)18-7-3-8-21-10-11-4-2-9-22-11/h1-2,4-6,9H,3,7-8,10H2,(H2,18,19,20). The SMILES string of the molecule is O=C(NCCCOCc1ccco1)Nc1cccc(F)c1F. The minimum Gasteiger partial charge on any atom is -0.467 e. The number of halogens is 2. The number of benzene rings is 1. The Balaban J connectivity index is 1.60. The largest absolute Gasteiger partial charge is 0.467 e. The van der Waals surface area contributed by atoms with E-state index < -0.39 is 17.7 Å². The molecule has 0 saturated carbocycles. The molecule has 1 aromatic heterocycles. The van der Waals surface area contributed by atoms with Crippen LogP contribution in [0.5, 0.6) is 0 Å². The van der Waals surface area contributed by atoms with E-state index in [-0.39, 0.29) is 5.69 Å². The second kappa shape index (κ2) is 8.14. The summed E-state index contributed by atoms with van der Waals surface area (Å²) in [7, 11) is 0. The number of anilines is 1. The highest BCUT2D eigenvalue weighted by atomic mass is 19.2. The number of amides is 2. The summed E-state index contributed by atoms with van der Waals surface area (Å²) in [6.45, 7) is 1.16. The first-order chi connectivity index (χ1) is 10.7. The summed E-state index contributed by atoms with van der Waals surface area (Å²) < 4.78 is 36.7. The zero-order valence-corrected chi connectivity index (χ0v) is 11.8. The van der Waals surface area contributed by atoms with Crippen LogP contribution in [0.25, 0.3) is 0 Å². The van der Waals surface area contributed by atoms with Crippen LogP contribution in [0.2, 0.25) is 0 Å². The number of rotatable bonds is 7. The number of carbonyl (C=O) groups excluding carboxylic acids is 1. The first-order valence-electron chi connectivity index (χ1n) is 6.76. The zero-order chi connectivity index (χ0) is 15.8. The minimum atomic E-state index is -1.08. The maximum absolute atomic E-state index is 13.3. The van der Waals surface area contributed by atoms with Gasteiger partial charge >= 0.3 is 6.03 Å². The molecule has 22 heavy (non-hydrogen) atoms. The van der Waals surface area contributed by atoms with Crippen molar-refractivity contribution in [2.45, 2.75) is 13.0 Å². The maximum Gasteiger partial charge on any atom is 0.319 e. The Bertz CT molecular complexity index is 603. The van der Waals surface area contributed by atoms with Gasteiger partial charge in [-0.15, -0.1) is 0 Å². The van der Waals surface area contributed by atoms with Gasteiger partial charge in [0.05, 0.1) is 12.0 Å². The highest BCUT2D eigenvalue weighted by Gasteiger charge is 2.09. The number of hydrogen-bond acceptors (Lipinski definition) is 3. The van der Waals surface area contributed by atoms with Crippen LogP contribution >= 0.6 is 0 Å². The molecular weight excluding hydrogens is 294 g/mol. The molecule has 0 aliphatic carbocycles. The van der Waals surface area contributed by atoms with Crippen LogP contribution in [-0.2, 0) is 11.3 Å². The van der Waals surface area contributed by atoms with Crippen molar-refractivity contribution in [1.82, 2.24) is 5.32 Å². The summed E-state index contributed by atoms with van der Waals surface area (Å²) >= 11 is 0. The Kier molecular flexibility index (Phi) is 5.91. The van der Waals surface area contributed by atoms with Gasteiger partial charge in [-0.2, -0.15) is 0 Å².